The van der Waals surface area contributed by atoms with E-state index in [4.69, 9.17) is 6.42 Å². The van der Waals surface area contributed by atoms with Crippen LogP contribution < -0.4 is 0 Å². The van der Waals surface area contributed by atoms with E-state index in [0.29, 0.717) is 6.54 Å². The third-order valence-electron chi connectivity index (χ3n) is 5.26. The molecule has 0 saturated heterocycles. The summed E-state index contributed by atoms with van der Waals surface area (Å²) in [5, 5.41) is 1.18. The lowest BCUT2D eigenvalue weighted by atomic mass is 9.92. The number of halogens is 1. The molecule has 1 amide bonds. The fourth-order valence-corrected chi connectivity index (χ4v) is 4.09. The first-order valence-corrected chi connectivity index (χ1v) is 9.28. The monoisotopic (exact) mass is 375 g/mol. The topological polar surface area (TPSA) is 39.3 Å². The van der Waals surface area contributed by atoms with E-state index >= 15 is 0 Å². The van der Waals surface area contributed by atoms with Gasteiger partial charge in [-0.2, -0.15) is 0 Å². The second kappa shape index (κ2) is 7.14. The lowest BCUT2D eigenvalue weighted by molar-refractivity contribution is -0.127. The summed E-state index contributed by atoms with van der Waals surface area (Å²) < 4.78 is 13.5. The van der Waals surface area contributed by atoms with Crippen molar-refractivity contribution in [3.63, 3.8) is 0 Å². The largest absolute Gasteiger partial charge is 0.356 e. The molecule has 4 rings (SSSR count). The molecule has 1 aliphatic rings. The molecule has 4 nitrogen and oxygen atoms in total. The van der Waals surface area contributed by atoms with Gasteiger partial charge < -0.3 is 14.8 Å². The quantitative estimate of drug-likeness (QED) is 0.712. The number of nitrogens with one attached hydrogen (secondary N) is 1. The van der Waals surface area contributed by atoms with Crippen molar-refractivity contribution in [3.8, 4) is 12.3 Å². The number of terminal acetylenes is 1. The molecule has 1 atom stereocenters. The normalized spacial score (nSPS) is 16.2. The number of fused-ring (bicyclic) bond motifs is 3. The zero-order valence-electron chi connectivity index (χ0n) is 16.0. The maximum Gasteiger partial charge on any atom is 0.299 e. The highest BCUT2D eigenvalue weighted by Crippen LogP contribution is 2.38. The Morgan fingerprint density at radius 2 is 2.04 bits per heavy atom. The van der Waals surface area contributed by atoms with Gasteiger partial charge in [0, 0.05) is 29.7 Å². The van der Waals surface area contributed by atoms with Crippen molar-refractivity contribution in [2.75, 3.05) is 20.6 Å². The number of H-pyrrole nitrogens is 1. The molecule has 0 unspecified atom stereocenters. The molecule has 0 spiro atoms. The van der Waals surface area contributed by atoms with Gasteiger partial charge in [-0.25, -0.2) is 4.39 Å². The molecule has 0 saturated carbocycles. The third kappa shape index (κ3) is 3.17. The summed E-state index contributed by atoms with van der Waals surface area (Å²) >= 11 is 0. The fourth-order valence-electron chi connectivity index (χ4n) is 4.09. The van der Waals surface area contributed by atoms with Crippen LogP contribution in [0.5, 0.6) is 0 Å². The van der Waals surface area contributed by atoms with E-state index in [2.05, 4.69) is 34.0 Å². The summed E-state index contributed by atoms with van der Waals surface area (Å²) in [4.78, 5) is 19.7. The van der Waals surface area contributed by atoms with E-state index in [1.165, 1.54) is 28.6 Å². The van der Waals surface area contributed by atoms with Crippen LogP contribution in [0, 0.1) is 18.2 Å². The zero-order valence-corrected chi connectivity index (χ0v) is 16.0. The second-order valence-electron chi connectivity index (χ2n) is 7.48. The first-order chi connectivity index (χ1) is 13.5. The first kappa shape index (κ1) is 18.3. The number of benzene rings is 2. The van der Waals surface area contributed by atoms with Gasteiger partial charge in [-0.3, -0.25) is 4.79 Å². The molecule has 0 radical (unpaired) electrons. The molecule has 5 heteroatoms. The predicted octanol–water partition coefficient (Wildman–Crippen LogP) is 3.48. The average Bonchev–Trinajstić information content (AvgIpc) is 3.05. The maximum absolute atomic E-state index is 13.5. The Morgan fingerprint density at radius 1 is 1.29 bits per heavy atom. The Labute approximate surface area is 164 Å². The van der Waals surface area contributed by atoms with Gasteiger partial charge in [0.2, 0.25) is 0 Å². The van der Waals surface area contributed by atoms with E-state index in [-0.39, 0.29) is 17.8 Å². The Kier molecular flexibility index (Phi) is 4.66. The number of aromatic amines is 1. The summed E-state index contributed by atoms with van der Waals surface area (Å²) in [5.74, 6) is 1.57. The first-order valence-electron chi connectivity index (χ1n) is 9.28. The van der Waals surface area contributed by atoms with Gasteiger partial charge in [0.1, 0.15) is 5.82 Å². The van der Waals surface area contributed by atoms with Gasteiger partial charge in [0.25, 0.3) is 5.91 Å². The molecule has 28 heavy (non-hydrogen) atoms. The Balaban J connectivity index is 1.86. The van der Waals surface area contributed by atoms with Gasteiger partial charge in [0.05, 0.1) is 6.04 Å². The van der Waals surface area contributed by atoms with Gasteiger partial charge >= 0.3 is 0 Å². The van der Waals surface area contributed by atoms with Crippen LogP contribution in [0.25, 0.3) is 10.9 Å². The van der Waals surface area contributed by atoms with Gasteiger partial charge in [-0.05, 0) is 67.4 Å². The molecular weight excluding hydrogens is 353 g/mol. The summed E-state index contributed by atoms with van der Waals surface area (Å²) in [7, 11) is 4.09. The molecule has 0 aliphatic carbocycles. The highest BCUT2D eigenvalue weighted by atomic mass is 19.1. The molecule has 2 aromatic carbocycles. The van der Waals surface area contributed by atoms with E-state index < -0.39 is 0 Å². The van der Waals surface area contributed by atoms with Crippen LogP contribution in [-0.2, 0) is 17.8 Å². The lowest BCUT2D eigenvalue weighted by Crippen LogP contribution is -2.39. The zero-order chi connectivity index (χ0) is 19.8. The number of nitrogens with zero attached hydrogens (tertiary/aromatic N) is 2. The van der Waals surface area contributed by atoms with Crippen molar-refractivity contribution >= 4 is 16.8 Å². The minimum Gasteiger partial charge on any atom is -0.356 e. The van der Waals surface area contributed by atoms with Crippen molar-refractivity contribution in [3.05, 3.63) is 70.7 Å². The molecule has 1 aromatic heterocycles. The van der Waals surface area contributed by atoms with Crippen molar-refractivity contribution in [2.45, 2.75) is 19.0 Å². The summed E-state index contributed by atoms with van der Waals surface area (Å²) in [6.45, 7) is 1.39. The minimum absolute atomic E-state index is 0.306. The molecule has 3 aromatic rings. The van der Waals surface area contributed by atoms with Gasteiger partial charge in [0.15, 0.2) is 0 Å². The maximum atomic E-state index is 13.5. The standard InChI is InChI=1S/C23H22FN3O/c1-4-21(28)27-12-11-18-19-13-15(14-26(2)3)5-10-20(19)25-22(18)23(27)16-6-8-17(24)9-7-16/h1,5-10,13,23,25H,11-12,14H2,2-3H3/t23-/m0/s1. The number of rotatable bonds is 3. The van der Waals surface area contributed by atoms with Crippen LogP contribution in [0.15, 0.2) is 42.5 Å². The molecular formula is C23H22FN3O. The van der Waals surface area contributed by atoms with E-state index in [1.54, 1.807) is 17.0 Å². The van der Waals surface area contributed by atoms with Gasteiger partial charge in [-0.15, -0.1) is 6.42 Å². The van der Waals surface area contributed by atoms with Crippen LogP contribution in [0.2, 0.25) is 0 Å². The molecule has 142 valence electrons. The van der Waals surface area contributed by atoms with Crippen LogP contribution in [0.3, 0.4) is 0 Å². The highest BCUT2D eigenvalue weighted by Gasteiger charge is 2.34. The van der Waals surface area contributed by atoms with Crippen molar-refractivity contribution in [1.82, 2.24) is 14.8 Å². The summed E-state index contributed by atoms with van der Waals surface area (Å²) in [5.41, 5.74) is 5.27. The van der Waals surface area contributed by atoms with E-state index in [9.17, 15) is 9.18 Å². The molecule has 2 heterocycles. The number of carbonyl (C=O) groups excluding carboxylic acids is 1. The van der Waals surface area contributed by atoms with E-state index in [0.717, 1.165) is 29.7 Å². The number of hydrogen-bond acceptors (Lipinski definition) is 2. The average molecular weight is 375 g/mol. The van der Waals surface area contributed by atoms with Crippen molar-refractivity contribution < 1.29 is 9.18 Å². The van der Waals surface area contributed by atoms with Crippen LogP contribution in [0.1, 0.15) is 28.4 Å². The van der Waals surface area contributed by atoms with E-state index in [1.807, 2.05) is 14.1 Å². The number of amides is 1. The predicted molar refractivity (Wildman–Crippen MR) is 108 cm³/mol. The smallest absolute Gasteiger partial charge is 0.299 e. The number of hydrogen-bond donors (Lipinski definition) is 1. The van der Waals surface area contributed by atoms with Crippen LogP contribution >= 0.6 is 0 Å². The molecule has 1 N–H and O–H groups in total. The number of carbonyl (C=O) groups is 1. The van der Waals surface area contributed by atoms with Crippen molar-refractivity contribution in [2.24, 2.45) is 0 Å². The highest BCUT2D eigenvalue weighted by molar-refractivity contribution is 5.94. The Morgan fingerprint density at radius 3 is 2.71 bits per heavy atom. The van der Waals surface area contributed by atoms with Gasteiger partial charge in [-0.1, -0.05) is 18.2 Å². The van der Waals surface area contributed by atoms with Crippen LogP contribution in [-0.4, -0.2) is 41.3 Å². The third-order valence-corrected chi connectivity index (χ3v) is 5.26. The molecule has 0 bridgehead atoms. The summed E-state index contributed by atoms with van der Waals surface area (Å²) in [6.07, 6.45) is 6.14. The van der Waals surface area contributed by atoms with Crippen LogP contribution in [0.4, 0.5) is 4.39 Å². The minimum atomic E-state index is -0.355. The lowest BCUT2D eigenvalue weighted by Gasteiger charge is -2.35. The fraction of sp³-hybridized carbons (Fsp3) is 0.261. The summed E-state index contributed by atoms with van der Waals surface area (Å²) in [6, 6.07) is 12.3. The Bertz CT molecular complexity index is 1080. The van der Waals surface area contributed by atoms with Crippen molar-refractivity contribution in [1.29, 1.82) is 0 Å². The molecule has 1 aliphatic heterocycles. The Hall–Kier alpha value is -3.10. The molecule has 0 fully saturated rings. The number of aromatic nitrogens is 1. The second-order valence-corrected chi connectivity index (χ2v) is 7.48. The SMILES string of the molecule is C#CC(=O)N1CCc2c([nH]c3ccc(CN(C)C)cc23)[C@@H]1c1ccc(F)cc1.